The van der Waals surface area contributed by atoms with Crippen LogP contribution in [0.2, 0.25) is 0 Å². The number of likely N-dealkylation sites (N-methyl/N-ethyl adjacent to an activating group) is 1. The third-order valence-corrected chi connectivity index (χ3v) is 16.1. The second-order valence-electron chi connectivity index (χ2n) is 20.1. The fourth-order valence-corrected chi connectivity index (χ4v) is 13.0. The number of amides is 1. The second kappa shape index (κ2) is 14.1. The SMILES string of the molecule is CNC(=O)CN(C[C@H](O)[C@@H]1C(=O)C(C(C)C)=C2C1CC[C@]1(C)[C@@H]2CC[C@@H]2[C@@]3(C)CC[C@H](OC(=O)CC(C)(C)C(=O)O)C(C)(C)[C@@H]3CC[C@]21C)C(C)C. The van der Waals surface area contributed by atoms with E-state index in [4.69, 9.17) is 4.74 Å². The lowest BCUT2D eigenvalue weighted by Crippen LogP contribution is -2.65. The summed E-state index contributed by atoms with van der Waals surface area (Å²) in [7, 11) is 1.63. The number of carboxylic acid groups (broad SMARTS) is 1. The van der Waals surface area contributed by atoms with E-state index in [0.29, 0.717) is 24.3 Å². The fraction of sp³-hybridized carbons (Fsp3) is 0.860. The van der Waals surface area contributed by atoms with Crippen molar-refractivity contribution in [1.82, 2.24) is 10.2 Å². The molecule has 5 rings (SSSR count). The third kappa shape index (κ3) is 6.49. The van der Waals surface area contributed by atoms with Crippen LogP contribution in [0.15, 0.2) is 11.1 Å². The molecular weight excluding hydrogens is 656 g/mol. The number of aliphatic hydroxyl groups excluding tert-OH is 1. The van der Waals surface area contributed by atoms with E-state index in [-0.39, 0.29) is 70.3 Å². The van der Waals surface area contributed by atoms with Crippen LogP contribution in [0.5, 0.6) is 0 Å². The first kappa shape index (κ1) is 40.9. The van der Waals surface area contributed by atoms with Crippen LogP contribution in [0.1, 0.15) is 134 Å². The molecule has 1 amide bonds. The van der Waals surface area contributed by atoms with Crippen molar-refractivity contribution in [2.45, 2.75) is 152 Å². The Balaban J connectivity index is 1.40. The molecule has 52 heavy (non-hydrogen) atoms. The average molecular weight is 727 g/mol. The number of nitrogens with one attached hydrogen (secondary N) is 1. The molecule has 5 aliphatic rings. The summed E-state index contributed by atoms with van der Waals surface area (Å²) in [5.74, 6) is -0.599. The quantitative estimate of drug-likeness (QED) is 0.193. The number of carboxylic acids is 1. The zero-order valence-corrected chi connectivity index (χ0v) is 34.4. The summed E-state index contributed by atoms with van der Waals surface area (Å²) in [5, 5.41) is 24.1. The Morgan fingerprint density at radius 2 is 1.56 bits per heavy atom. The van der Waals surface area contributed by atoms with Crippen molar-refractivity contribution in [1.29, 1.82) is 0 Å². The lowest BCUT2D eigenvalue weighted by molar-refractivity contribution is -0.232. The summed E-state index contributed by atoms with van der Waals surface area (Å²) in [6.45, 7) is 24.1. The van der Waals surface area contributed by atoms with Gasteiger partial charge < -0.3 is 20.3 Å². The van der Waals surface area contributed by atoms with Gasteiger partial charge in [-0.05, 0) is 130 Å². The van der Waals surface area contributed by atoms with Crippen molar-refractivity contribution in [3.8, 4) is 0 Å². The number of esters is 1. The molecule has 0 aromatic rings. The predicted molar refractivity (Wildman–Crippen MR) is 202 cm³/mol. The standard InChI is InChI=1S/C43H70N2O7/c1-24(2)34-35-26(36(37(34)49)28(46)22-45(25(3)4)23-32(47)44-12)15-19-42(10)27(35)13-14-30-41(9)18-17-31(52-33(48)21-39(5,6)38(50)51)40(7,8)29(41)16-20-43(30,42)11/h24-31,36,46H,13-23H2,1-12H3,(H,44,47)(H,50,51)/t26?,27-,28+,29+,30-,31+,36-,41+,42-,43-/m1/s1. The number of ketones is 1. The lowest BCUT2D eigenvalue weighted by atomic mass is 9.33. The molecule has 0 aromatic carbocycles. The van der Waals surface area contributed by atoms with Gasteiger partial charge in [0.1, 0.15) is 6.10 Å². The van der Waals surface area contributed by atoms with E-state index in [1.807, 2.05) is 18.7 Å². The van der Waals surface area contributed by atoms with Crippen LogP contribution in [0.4, 0.5) is 0 Å². The molecule has 0 aliphatic heterocycles. The first-order valence-corrected chi connectivity index (χ1v) is 20.3. The molecule has 0 radical (unpaired) electrons. The molecule has 10 atom stereocenters. The number of carbonyl (C=O) groups excluding carboxylic acids is 3. The smallest absolute Gasteiger partial charge is 0.309 e. The molecule has 294 valence electrons. The maximum Gasteiger partial charge on any atom is 0.309 e. The minimum atomic E-state index is -1.17. The molecule has 4 fully saturated rings. The molecule has 0 aromatic heterocycles. The van der Waals surface area contributed by atoms with Gasteiger partial charge in [0.15, 0.2) is 5.78 Å². The van der Waals surface area contributed by atoms with E-state index in [2.05, 4.69) is 53.8 Å². The molecule has 9 nitrogen and oxygen atoms in total. The normalized spacial score (nSPS) is 37.7. The fourth-order valence-electron chi connectivity index (χ4n) is 13.0. The molecule has 0 spiro atoms. The number of ether oxygens (including phenoxy) is 1. The summed E-state index contributed by atoms with van der Waals surface area (Å²) in [5.41, 5.74) is 1.02. The number of Topliss-reactive ketones (excluding diaryl/α,β-unsaturated/α-hetero) is 1. The molecule has 0 heterocycles. The minimum Gasteiger partial charge on any atom is -0.481 e. The molecular formula is C43H70N2O7. The van der Waals surface area contributed by atoms with Gasteiger partial charge in [-0.25, -0.2) is 0 Å². The number of carbonyl (C=O) groups is 4. The van der Waals surface area contributed by atoms with Crippen molar-refractivity contribution in [2.24, 2.45) is 62.6 Å². The predicted octanol–water partition coefficient (Wildman–Crippen LogP) is 7.05. The van der Waals surface area contributed by atoms with Gasteiger partial charge in [-0.1, -0.05) is 54.0 Å². The molecule has 1 unspecified atom stereocenters. The van der Waals surface area contributed by atoms with Gasteiger partial charge in [0.05, 0.1) is 30.4 Å². The number of hydrogen-bond acceptors (Lipinski definition) is 7. The second-order valence-corrected chi connectivity index (χ2v) is 20.1. The van der Waals surface area contributed by atoms with Crippen molar-refractivity contribution >= 4 is 23.6 Å². The number of nitrogens with zero attached hydrogens (tertiary/aromatic N) is 1. The van der Waals surface area contributed by atoms with Gasteiger partial charge >= 0.3 is 11.9 Å². The Morgan fingerprint density at radius 3 is 2.13 bits per heavy atom. The Labute approximate surface area is 313 Å². The van der Waals surface area contributed by atoms with Gasteiger partial charge in [0.25, 0.3) is 0 Å². The van der Waals surface area contributed by atoms with Crippen LogP contribution in [-0.4, -0.2) is 77.1 Å². The van der Waals surface area contributed by atoms with Gasteiger partial charge in [0, 0.05) is 25.0 Å². The van der Waals surface area contributed by atoms with Gasteiger partial charge in [-0.3, -0.25) is 24.1 Å². The summed E-state index contributed by atoms with van der Waals surface area (Å²) < 4.78 is 6.15. The maximum absolute atomic E-state index is 14.5. The Morgan fingerprint density at radius 1 is 0.923 bits per heavy atom. The first-order valence-electron chi connectivity index (χ1n) is 20.3. The Bertz CT molecular complexity index is 1460. The highest BCUT2D eigenvalue weighted by molar-refractivity contribution is 6.02. The van der Waals surface area contributed by atoms with E-state index in [0.717, 1.165) is 56.9 Å². The van der Waals surface area contributed by atoms with Crippen molar-refractivity contribution < 1.29 is 34.1 Å². The Hall–Kier alpha value is -2.26. The molecule has 0 saturated heterocycles. The van der Waals surface area contributed by atoms with E-state index in [1.54, 1.807) is 20.9 Å². The highest BCUT2D eigenvalue weighted by Crippen LogP contribution is 2.75. The summed E-state index contributed by atoms with van der Waals surface area (Å²) in [6.07, 6.45) is 6.69. The van der Waals surface area contributed by atoms with Gasteiger partial charge in [-0.15, -0.1) is 0 Å². The summed E-state index contributed by atoms with van der Waals surface area (Å²) in [6, 6.07) is 0.0537. The molecule has 3 N–H and O–H groups in total. The lowest BCUT2D eigenvalue weighted by Gasteiger charge is -2.71. The molecule has 5 aliphatic carbocycles. The largest absolute Gasteiger partial charge is 0.481 e. The number of hydrogen-bond donors (Lipinski definition) is 3. The number of fused-ring (bicyclic) bond motifs is 7. The topological polar surface area (TPSA) is 133 Å². The Kier molecular flexibility index (Phi) is 11.1. The first-order chi connectivity index (χ1) is 24.0. The van der Waals surface area contributed by atoms with Crippen LogP contribution in [0.25, 0.3) is 0 Å². The highest BCUT2D eigenvalue weighted by atomic mass is 16.5. The monoisotopic (exact) mass is 727 g/mol. The zero-order chi connectivity index (χ0) is 38.9. The van der Waals surface area contributed by atoms with Crippen molar-refractivity contribution in [3.63, 3.8) is 0 Å². The van der Waals surface area contributed by atoms with Gasteiger partial charge in [-0.2, -0.15) is 0 Å². The van der Waals surface area contributed by atoms with Crippen molar-refractivity contribution in [3.05, 3.63) is 11.1 Å². The van der Waals surface area contributed by atoms with E-state index >= 15 is 0 Å². The molecule has 9 heteroatoms. The molecule has 4 saturated carbocycles. The van der Waals surface area contributed by atoms with Crippen LogP contribution in [-0.2, 0) is 23.9 Å². The minimum absolute atomic E-state index is 0.00898. The van der Waals surface area contributed by atoms with Crippen LogP contribution >= 0.6 is 0 Å². The van der Waals surface area contributed by atoms with Crippen LogP contribution in [0, 0.1) is 62.6 Å². The summed E-state index contributed by atoms with van der Waals surface area (Å²) in [4.78, 5) is 53.6. The number of rotatable bonds is 11. The van der Waals surface area contributed by atoms with Crippen molar-refractivity contribution in [2.75, 3.05) is 20.1 Å². The van der Waals surface area contributed by atoms with Crippen LogP contribution in [0.3, 0.4) is 0 Å². The third-order valence-electron chi connectivity index (χ3n) is 16.1. The summed E-state index contributed by atoms with van der Waals surface area (Å²) >= 11 is 0. The number of allylic oxidation sites excluding steroid dienone is 2. The van der Waals surface area contributed by atoms with E-state index in [9.17, 15) is 29.4 Å². The molecule has 0 bridgehead atoms. The number of aliphatic hydroxyl groups is 1. The maximum atomic E-state index is 14.5. The van der Waals surface area contributed by atoms with E-state index < -0.39 is 29.4 Å². The highest BCUT2D eigenvalue weighted by Gasteiger charge is 2.69. The zero-order valence-electron chi connectivity index (χ0n) is 34.4. The van der Waals surface area contributed by atoms with E-state index in [1.165, 1.54) is 5.57 Å². The average Bonchev–Trinajstić information content (AvgIpc) is 3.33. The number of aliphatic carboxylic acids is 1. The van der Waals surface area contributed by atoms with Crippen LogP contribution < -0.4 is 5.32 Å². The van der Waals surface area contributed by atoms with Gasteiger partial charge in [0.2, 0.25) is 5.91 Å².